The molecular formula is C21H17N3O2S2. The highest BCUT2D eigenvalue weighted by molar-refractivity contribution is 7.99. The van der Waals surface area contributed by atoms with Gasteiger partial charge in [-0.05, 0) is 35.7 Å². The Labute approximate surface area is 170 Å². The maximum absolute atomic E-state index is 12.5. The first kappa shape index (κ1) is 18.5. The summed E-state index contributed by atoms with van der Waals surface area (Å²) in [7, 11) is 0. The molecule has 140 valence electrons. The number of carbonyl (C=O) groups excluding carboxylic acids is 1. The molecule has 0 atom stereocenters. The highest BCUT2D eigenvalue weighted by atomic mass is 32.2. The Hall–Kier alpha value is -2.90. The molecule has 0 saturated heterocycles. The van der Waals surface area contributed by atoms with Gasteiger partial charge in [0.25, 0.3) is 5.56 Å². The number of aromatic nitrogens is 2. The first-order valence-electron chi connectivity index (χ1n) is 8.75. The maximum Gasteiger partial charge on any atom is 0.262 e. The second-order valence-corrected chi connectivity index (χ2v) is 8.10. The van der Waals surface area contributed by atoms with Gasteiger partial charge >= 0.3 is 0 Å². The van der Waals surface area contributed by atoms with E-state index in [1.807, 2.05) is 60.0 Å². The third-order valence-electron chi connectivity index (χ3n) is 4.16. The van der Waals surface area contributed by atoms with Crippen molar-refractivity contribution in [1.29, 1.82) is 0 Å². The predicted octanol–water partition coefficient (Wildman–Crippen LogP) is 4.64. The van der Waals surface area contributed by atoms with Crippen molar-refractivity contribution < 1.29 is 4.79 Å². The van der Waals surface area contributed by atoms with Crippen LogP contribution in [0.25, 0.3) is 10.2 Å². The number of para-hydroxylation sites is 1. The lowest BCUT2D eigenvalue weighted by Gasteiger charge is -2.11. The molecule has 5 nitrogen and oxygen atoms in total. The van der Waals surface area contributed by atoms with Crippen LogP contribution in [-0.4, -0.2) is 15.5 Å². The predicted molar refractivity (Wildman–Crippen MR) is 114 cm³/mol. The van der Waals surface area contributed by atoms with Crippen LogP contribution in [0.4, 0.5) is 5.69 Å². The molecule has 28 heavy (non-hydrogen) atoms. The first-order chi connectivity index (χ1) is 13.7. The Morgan fingerprint density at radius 2 is 1.86 bits per heavy atom. The van der Waals surface area contributed by atoms with Gasteiger partial charge in [-0.15, -0.1) is 11.3 Å². The van der Waals surface area contributed by atoms with E-state index in [9.17, 15) is 9.59 Å². The van der Waals surface area contributed by atoms with Crippen molar-refractivity contribution in [3.8, 4) is 0 Å². The smallest absolute Gasteiger partial charge is 0.262 e. The number of rotatable bonds is 6. The molecule has 2 heterocycles. The summed E-state index contributed by atoms with van der Waals surface area (Å²) in [4.78, 5) is 31.9. The quantitative estimate of drug-likeness (QED) is 0.506. The van der Waals surface area contributed by atoms with E-state index in [1.165, 1.54) is 22.2 Å². The average molecular weight is 408 g/mol. The van der Waals surface area contributed by atoms with E-state index < -0.39 is 0 Å². The van der Waals surface area contributed by atoms with Crippen molar-refractivity contribution in [2.45, 2.75) is 22.8 Å². The number of amides is 1. The Morgan fingerprint density at radius 1 is 1.07 bits per heavy atom. The van der Waals surface area contributed by atoms with Crippen LogP contribution >= 0.6 is 23.1 Å². The molecule has 0 unspecified atom stereocenters. The normalized spacial score (nSPS) is 10.9. The summed E-state index contributed by atoms with van der Waals surface area (Å²) in [6, 6.07) is 19.5. The maximum atomic E-state index is 12.5. The van der Waals surface area contributed by atoms with Crippen LogP contribution in [0.2, 0.25) is 0 Å². The van der Waals surface area contributed by atoms with Crippen molar-refractivity contribution in [3.05, 3.63) is 82.7 Å². The molecular weight excluding hydrogens is 390 g/mol. The van der Waals surface area contributed by atoms with E-state index in [2.05, 4.69) is 10.3 Å². The van der Waals surface area contributed by atoms with Gasteiger partial charge in [0.15, 0.2) is 0 Å². The summed E-state index contributed by atoms with van der Waals surface area (Å²) in [6.07, 6.45) is 1.70. The molecule has 1 N–H and O–H groups in total. The van der Waals surface area contributed by atoms with Gasteiger partial charge in [-0.1, -0.05) is 42.1 Å². The molecule has 0 fully saturated rings. The third-order valence-corrected chi connectivity index (χ3v) is 6.07. The number of hydrogen-bond acceptors (Lipinski definition) is 5. The molecule has 7 heteroatoms. The zero-order chi connectivity index (χ0) is 19.3. The van der Waals surface area contributed by atoms with Crippen LogP contribution in [-0.2, 0) is 11.3 Å². The van der Waals surface area contributed by atoms with E-state index in [0.29, 0.717) is 5.39 Å². The van der Waals surface area contributed by atoms with Crippen LogP contribution in [0.5, 0.6) is 0 Å². The van der Waals surface area contributed by atoms with Gasteiger partial charge in [-0.2, -0.15) is 0 Å². The van der Waals surface area contributed by atoms with Gasteiger partial charge in [0.2, 0.25) is 5.91 Å². The SMILES string of the molecule is O=C(CCn1cnc2sccc2c1=O)Nc1ccccc1Sc1ccccc1. The van der Waals surface area contributed by atoms with E-state index in [4.69, 9.17) is 0 Å². The average Bonchev–Trinajstić information content (AvgIpc) is 3.19. The Kier molecular flexibility index (Phi) is 5.55. The number of carbonyl (C=O) groups is 1. The van der Waals surface area contributed by atoms with Crippen LogP contribution < -0.4 is 10.9 Å². The van der Waals surface area contributed by atoms with E-state index >= 15 is 0 Å². The monoisotopic (exact) mass is 407 g/mol. The zero-order valence-corrected chi connectivity index (χ0v) is 16.5. The number of fused-ring (bicyclic) bond motifs is 1. The van der Waals surface area contributed by atoms with E-state index in [-0.39, 0.29) is 24.4 Å². The van der Waals surface area contributed by atoms with Crippen LogP contribution in [0.1, 0.15) is 6.42 Å². The molecule has 2 aromatic carbocycles. The van der Waals surface area contributed by atoms with Gasteiger partial charge in [0.1, 0.15) is 4.83 Å². The number of benzene rings is 2. The summed E-state index contributed by atoms with van der Waals surface area (Å²) in [5, 5.41) is 5.40. The molecule has 0 spiro atoms. The highest BCUT2D eigenvalue weighted by Crippen LogP contribution is 2.33. The van der Waals surface area contributed by atoms with Gasteiger partial charge in [-0.3, -0.25) is 14.2 Å². The molecule has 0 radical (unpaired) electrons. The third kappa shape index (κ3) is 4.16. The second-order valence-electron chi connectivity index (χ2n) is 6.09. The first-order valence-corrected chi connectivity index (χ1v) is 10.4. The van der Waals surface area contributed by atoms with E-state index in [1.54, 1.807) is 17.8 Å². The fraction of sp³-hybridized carbons (Fsp3) is 0.0952. The summed E-state index contributed by atoms with van der Waals surface area (Å²) in [5.41, 5.74) is 0.652. The minimum atomic E-state index is -0.140. The lowest BCUT2D eigenvalue weighted by atomic mass is 10.3. The van der Waals surface area contributed by atoms with Crippen molar-refractivity contribution in [2.75, 3.05) is 5.32 Å². The van der Waals surface area contributed by atoms with Crippen LogP contribution in [0.15, 0.2) is 87.0 Å². The molecule has 0 bridgehead atoms. The van der Waals surface area contributed by atoms with Gasteiger partial charge in [0, 0.05) is 22.8 Å². The Balaban J connectivity index is 1.44. The lowest BCUT2D eigenvalue weighted by molar-refractivity contribution is -0.116. The van der Waals surface area contributed by atoms with Crippen molar-refractivity contribution in [1.82, 2.24) is 9.55 Å². The van der Waals surface area contributed by atoms with Gasteiger partial charge < -0.3 is 5.32 Å². The standard InChI is InChI=1S/C21H17N3O2S2/c25-19(10-12-24-14-22-20-16(21(24)26)11-13-27-20)23-17-8-4-5-9-18(17)28-15-6-2-1-3-7-15/h1-9,11,13-14H,10,12H2,(H,23,25). The minimum absolute atomic E-state index is 0.112. The molecule has 0 aliphatic heterocycles. The number of nitrogens with zero attached hydrogens (tertiary/aromatic N) is 2. The molecule has 2 aromatic heterocycles. The number of aryl methyl sites for hydroxylation is 1. The summed E-state index contributed by atoms with van der Waals surface area (Å²) in [6.45, 7) is 0.289. The molecule has 0 aliphatic rings. The van der Waals surface area contributed by atoms with Gasteiger partial charge in [-0.25, -0.2) is 4.98 Å². The van der Waals surface area contributed by atoms with Crippen molar-refractivity contribution >= 4 is 44.9 Å². The lowest BCUT2D eigenvalue weighted by Crippen LogP contribution is -2.23. The molecule has 4 rings (SSSR count). The number of anilines is 1. The molecule has 4 aromatic rings. The summed E-state index contributed by atoms with van der Waals surface area (Å²) in [5.74, 6) is -0.140. The highest BCUT2D eigenvalue weighted by Gasteiger charge is 2.10. The van der Waals surface area contributed by atoms with Crippen LogP contribution in [0.3, 0.4) is 0 Å². The fourth-order valence-electron chi connectivity index (χ4n) is 2.76. The molecule has 0 saturated carbocycles. The number of thiophene rings is 1. The molecule has 0 aliphatic carbocycles. The number of hydrogen-bond donors (Lipinski definition) is 1. The Bertz CT molecular complexity index is 1170. The largest absolute Gasteiger partial charge is 0.325 e. The zero-order valence-electron chi connectivity index (χ0n) is 14.9. The Morgan fingerprint density at radius 3 is 2.71 bits per heavy atom. The van der Waals surface area contributed by atoms with Crippen molar-refractivity contribution in [2.24, 2.45) is 0 Å². The summed E-state index contributed by atoms with van der Waals surface area (Å²) < 4.78 is 1.49. The van der Waals surface area contributed by atoms with E-state index in [0.717, 1.165) is 20.3 Å². The van der Waals surface area contributed by atoms with Crippen LogP contribution in [0, 0.1) is 0 Å². The molecule has 1 amide bonds. The number of nitrogens with one attached hydrogen (secondary N) is 1. The van der Waals surface area contributed by atoms with Crippen molar-refractivity contribution in [3.63, 3.8) is 0 Å². The van der Waals surface area contributed by atoms with Gasteiger partial charge in [0.05, 0.1) is 17.4 Å². The fourth-order valence-corrected chi connectivity index (χ4v) is 4.41. The summed E-state index contributed by atoms with van der Waals surface area (Å²) >= 11 is 3.03. The topological polar surface area (TPSA) is 64.0 Å². The minimum Gasteiger partial charge on any atom is -0.325 e. The second kappa shape index (κ2) is 8.41.